The number of anilines is 1. The van der Waals surface area contributed by atoms with Gasteiger partial charge in [0.05, 0.1) is 6.61 Å². The van der Waals surface area contributed by atoms with Gasteiger partial charge in [0.15, 0.2) is 0 Å². The van der Waals surface area contributed by atoms with E-state index in [0.29, 0.717) is 17.6 Å². The molecule has 0 atom stereocenters. The molecule has 4 nitrogen and oxygen atoms in total. The number of hydrogen-bond donors (Lipinski definition) is 1. The lowest BCUT2D eigenvalue weighted by Gasteiger charge is -2.29. The minimum absolute atomic E-state index is 0.109. The third-order valence-corrected chi connectivity index (χ3v) is 3.62. The Hall–Kier alpha value is -0.870. The maximum Gasteiger partial charge on any atom is 0.137 e. The number of aromatic nitrogens is 2. The van der Waals surface area contributed by atoms with Gasteiger partial charge in [-0.1, -0.05) is 11.6 Å². The molecule has 18 heavy (non-hydrogen) atoms. The molecule has 0 radical (unpaired) electrons. The predicted octanol–water partition coefficient (Wildman–Crippen LogP) is 2.52. The van der Waals surface area contributed by atoms with Crippen LogP contribution in [0, 0.1) is 6.92 Å². The molecule has 0 unspecified atom stereocenters. The molecule has 0 saturated heterocycles. The van der Waals surface area contributed by atoms with E-state index in [9.17, 15) is 5.11 Å². The second-order valence-corrected chi connectivity index (χ2v) is 5.46. The molecule has 0 bridgehead atoms. The van der Waals surface area contributed by atoms with Crippen LogP contribution < -0.4 is 4.90 Å². The number of aliphatic hydroxyl groups is 1. The van der Waals surface area contributed by atoms with Gasteiger partial charge in [0, 0.05) is 24.1 Å². The first-order chi connectivity index (χ1) is 8.54. The standard InChI is InChI=1S/C13H20ClN3O/c1-8(2)17(6-7-18)13-9(3)11(14)15-12(16-13)10-4-5-10/h8,10,18H,4-7H2,1-3H3. The molecule has 1 saturated carbocycles. The molecule has 1 aromatic rings. The van der Waals surface area contributed by atoms with Crippen molar-refractivity contribution in [2.45, 2.75) is 45.6 Å². The van der Waals surface area contributed by atoms with Gasteiger partial charge < -0.3 is 10.0 Å². The highest BCUT2D eigenvalue weighted by atomic mass is 35.5. The number of hydrogen-bond acceptors (Lipinski definition) is 4. The molecule has 5 heteroatoms. The van der Waals surface area contributed by atoms with Gasteiger partial charge >= 0.3 is 0 Å². The summed E-state index contributed by atoms with van der Waals surface area (Å²) in [6.07, 6.45) is 2.31. The summed E-state index contributed by atoms with van der Waals surface area (Å²) in [6, 6.07) is 0.272. The Kier molecular flexibility index (Phi) is 4.07. The fourth-order valence-corrected chi connectivity index (χ4v) is 2.19. The van der Waals surface area contributed by atoms with Crippen LogP contribution in [-0.2, 0) is 0 Å². The lowest BCUT2D eigenvalue weighted by atomic mass is 10.2. The van der Waals surface area contributed by atoms with E-state index in [2.05, 4.69) is 28.7 Å². The third kappa shape index (κ3) is 2.75. The monoisotopic (exact) mass is 269 g/mol. The van der Waals surface area contributed by atoms with E-state index in [-0.39, 0.29) is 12.6 Å². The highest BCUT2D eigenvalue weighted by Gasteiger charge is 2.29. The van der Waals surface area contributed by atoms with Crippen LogP contribution in [0.3, 0.4) is 0 Å². The van der Waals surface area contributed by atoms with E-state index < -0.39 is 0 Å². The van der Waals surface area contributed by atoms with Crippen molar-refractivity contribution in [2.24, 2.45) is 0 Å². The Labute approximate surface area is 113 Å². The summed E-state index contributed by atoms with van der Waals surface area (Å²) in [5.41, 5.74) is 0.892. The first-order valence-electron chi connectivity index (χ1n) is 6.46. The highest BCUT2D eigenvalue weighted by molar-refractivity contribution is 6.30. The summed E-state index contributed by atoms with van der Waals surface area (Å²) in [6.45, 7) is 6.78. The summed E-state index contributed by atoms with van der Waals surface area (Å²) in [4.78, 5) is 11.1. The Morgan fingerprint density at radius 3 is 2.56 bits per heavy atom. The van der Waals surface area contributed by atoms with Crippen LogP contribution in [0.15, 0.2) is 0 Å². The highest BCUT2D eigenvalue weighted by Crippen LogP contribution is 2.40. The molecule has 1 aliphatic rings. The average molecular weight is 270 g/mol. The van der Waals surface area contributed by atoms with Crippen LogP contribution >= 0.6 is 11.6 Å². The van der Waals surface area contributed by atoms with Crippen molar-refractivity contribution in [3.63, 3.8) is 0 Å². The Morgan fingerprint density at radius 2 is 2.06 bits per heavy atom. The van der Waals surface area contributed by atoms with Gasteiger partial charge in [0.2, 0.25) is 0 Å². The average Bonchev–Trinajstić information content (AvgIpc) is 3.13. The summed E-state index contributed by atoms with van der Waals surface area (Å²) in [5, 5.41) is 9.71. The van der Waals surface area contributed by atoms with E-state index >= 15 is 0 Å². The van der Waals surface area contributed by atoms with Crippen LogP contribution in [0.4, 0.5) is 5.82 Å². The SMILES string of the molecule is Cc1c(Cl)nc(C2CC2)nc1N(CCO)C(C)C. The first kappa shape index (κ1) is 13.6. The van der Waals surface area contributed by atoms with Crippen LogP contribution in [0.1, 0.15) is 44.0 Å². The molecule has 1 N–H and O–H groups in total. The van der Waals surface area contributed by atoms with E-state index in [0.717, 1.165) is 30.0 Å². The van der Waals surface area contributed by atoms with Gasteiger partial charge in [-0.15, -0.1) is 0 Å². The minimum atomic E-state index is 0.109. The second kappa shape index (κ2) is 5.41. The molecular weight excluding hydrogens is 250 g/mol. The molecule has 1 heterocycles. The molecule has 2 rings (SSSR count). The molecule has 1 fully saturated rings. The quantitative estimate of drug-likeness (QED) is 0.835. The zero-order valence-corrected chi connectivity index (χ0v) is 11.9. The van der Waals surface area contributed by atoms with Crippen molar-refractivity contribution in [3.05, 3.63) is 16.5 Å². The topological polar surface area (TPSA) is 49.2 Å². The molecule has 0 amide bonds. The van der Waals surface area contributed by atoms with Crippen molar-refractivity contribution >= 4 is 17.4 Å². The van der Waals surface area contributed by atoms with Crippen LogP contribution in [0.2, 0.25) is 5.15 Å². The predicted molar refractivity (Wildman–Crippen MR) is 73.3 cm³/mol. The molecule has 100 valence electrons. The molecule has 0 aliphatic heterocycles. The maximum atomic E-state index is 9.18. The molecular formula is C13H20ClN3O. The van der Waals surface area contributed by atoms with Crippen molar-refractivity contribution in [2.75, 3.05) is 18.1 Å². The summed E-state index contributed by atoms with van der Waals surface area (Å²) in [5.74, 6) is 2.19. The van der Waals surface area contributed by atoms with E-state index in [1.165, 1.54) is 0 Å². The van der Waals surface area contributed by atoms with Crippen LogP contribution in [-0.4, -0.2) is 34.3 Å². The van der Waals surface area contributed by atoms with E-state index in [1.807, 2.05) is 6.92 Å². The fourth-order valence-electron chi connectivity index (χ4n) is 2.01. The van der Waals surface area contributed by atoms with E-state index in [1.54, 1.807) is 0 Å². The van der Waals surface area contributed by atoms with Crippen molar-refractivity contribution < 1.29 is 5.11 Å². The number of halogens is 1. The van der Waals surface area contributed by atoms with Crippen molar-refractivity contribution in [3.8, 4) is 0 Å². The normalized spacial score (nSPS) is 15.2. The lowest BCUT2D eigenvalue weighted by molar-refractivity contribution is 0.298. The molecule has 1 aliphatic carbocycles. The largest absolute Gasteiger partial charge is 0.395 e. The summed E-state index contributed by atoms with van der Waals surface area (Å²) < 4.78 is 0. The second-order valence-electron chi connectivity index (χ2n) is 5.11. The van der Waals surface area contributed by atoms with Gasteiger partial charge in [0.1, 0.15) is 16.8 Å². The van der Waals surface area contributed by atoms with Gasteiger partial charge in [0.25, 0.3) is 0 Å². The van der Waals surface area contributed by atoms with Crippen LogP contribution in [0.25, 0.3) is 0 Å². The number of rotatable bonds is 5. The summed E-state index contributed by atoms with van der Waals surface area (Å²) in [7, 11) is 0. The molecule has 0 spiro atoms. The van der Waals surface area contributed by atoms with Gasteiger partial charge in [-0.05, 0) is 33.6 Å². The van der Waals surface area contributed by atoms with Crippen LogP contribution in [0.5, 0.6) is 0 Å². The molecule has 0 aromatic carbocycles. The van der Waals surface area contributed by atoms with E-state index in [4.69, 9.17) is 11.6 Å². The zero-order chi connectivity index (χ0) is 13.3. The fraction of sp³-hybridized carbons (Fsp3) is 0.692. The Bertz CT molecular complexity index is 432. The van der Waals surface area contributed by atoms with Crippen molar-refractivity contribution in [1.82, 2.24) is 9.97 Å². The number of nitrogens with zero attached hydrogens (tertiary/aromatic N) is 3. The Balaban J connectivity index is 2.39. The molecule has 1 aromatic heterocycles. The maximum absolute atomic E-state index is 9.18. The van der Waals surface area contributed by atoms with Crippen molar-refractivity contribution in [1.29, 1.82) is 0 Å². The van der Waals surface area contributed by atoms with Gasteiger partial charge in [-0.2, -0.15) is 0 Å². The zero-order valence-electron chi connectivity index (χ0n) is 11.1. The Morgan fingerprint density at radius 1 is 1.39 bits per heavy atom. The third-order valence-electron chi connectivity index (χ3n) is 3.26. The van der Waals surface area contributed by atoms with Gasteiger partial charge in [-0.25, -0.2) is 9.97 Å². The first-order valence-corrected chi connectivity index (χ1v) is 6.84. The minimum Gasteiger partial charge on any atom is -0.395 e. The smallest absolute Gasteiger partial charge is 0.137 e. The van der Waals surface area contributed by atoms with Gasteiger partial charge in [-0.3, -0.25) is 0 Å². The summed E-state index contributed by atoms with van der Waals surface area (Å²) >= 11 is 6.20. The number of aliphatic hydroxyl groups excluding tert-OH is 1. The lowest BCUT2D eigenvalue weighted by Crippen LogP contribution is -2.35.